The Morgan fingerprint density at radius 1 is 1.18 bits per heavy atom. The number of H-pyrrole nitrogens is 1. The van der Waals surface area contributed by atoms with Crippen molar-refractivity contribution in [2.75, 3.05) is 5.32 Å². The number of nitrogens with zero attached hydrogens (tertiary/aromatic N) is 4. The van der Waals surface area contributed by atoms with Crippen LogP contribution in [-0.2, 0) is 19.6 Å². The van der Waals surface area contributed by atoms with Gasteiger partial charge in [-0.05, 0) is 43.3 Å². The van der Waals surface area contributed by atoms with Gasteiger partial charge in [0.2, 0.25) is 0 Å². The molecule has 4 aromatic rings. The predicted octanol–water partition coefficient (Wildman–Crippen LogP) is 5.44. The average Bonchev–Trinajstić information content (AvgIpc) is 3.51. The number of carbonyl (C=O) groups excluding carboxylic acids is 1. The van der Waals surface area contributed by atoms with Gasteiger partial charge < -0.3 is 10.3 Å². The van der Waals surface area contributed by atoms with Crippen molar-refractivity contribution in [2.24, 2.45) is 7.05 Å². The number of alkyl halides is 3. The van der Waals surface area contributed by atoms with E-state index in [2.05, 4.69) is 27.1 Å². The van der Waals surface area contributed by atoms with Gasteiger partial charge in [-0.3, -0.25) is 14.3 Å². The lowest BCUT2D eigenvalue weighted by Crippen LogP contribution is -2.16. The van der Waals surface area contributed by atoms with Crippen LogP contribution >= 0.6 is 0 Å². The number of anilines is 1. The fourth-order valence-electron chi connectivity index (χ4n) is 3.94. The minimum absolute atomic E-state index is 0.00104. The first kappa shape index (κ1) is 27.1. The molecule has 0 aliphatic rings. The van der Waals surface area contributed by atoms with Crippen LogP contribution in [0.1, 0.15) is 34.1 Å². The smallest absolute Gasteiger partial charge is 0.329 e. The molecule has 4 rings (SSSR count). The number of rotatable bonds is 8. The van der Waals surface area contributed by atoms with Gasteiger partial charge >= 0.3 is 6.18 Å². The highest BCUT2D eigenvalue weighted by atomic mass is 19.4. The lowest BCUT2D eigenvalue weighted by Gasteiger charge is -2.14. The zero-order valence-corrected chi connectivity index (χ0v) is 21.2. The topological polar surface area (TPSA) is 97.6 Å². The quantitative estimate of drug-likeness (QED) is 0.294. The van der Waals surface area contributed by atoms with Crippen molar-refractivity contribution >= 4 is 17.4 Å². The molecule has 3 heterocycles. The number of amides is 1. The summed E-state index contributed by atoms with van der Waals surface area (Å²) in [6.07, 6.45) is 5.37. The first-order valence-corrected chi connectivity index (χ1v) is 11.8. The Labute approximate surface area is 221 Å². The second-order valence-electron chi connectivity index (χ2n) is 8.53. The van der Waals surface area contributed by atoms with Gasteiger partial charge in [-0.15, -0.1) is 0 Å². The molecule has 0 saturated carbocycles. The second-order valence-corrected chi connectivity index (χ2v) is 8.53. The first-order valence-electron chi connectivity index (χ1n) is 11.8. The third-order valence-corrected chi connectivity index (χ3v) is 5.79. The van der Waals surface area contributed by atoms with Crippen molar-refractivity contribution < 1.29 is 18.0 Å². The molecule has 200 valence electrons. The van der Waals surface area contributed by atoms with Gasteiger partial charge in [-0.1, -0.05) is 30.9 Å². The largest absolute Gasteiger partial charge is 0.417 e. The number of hydrogen-bond acceptors (Lipinski definition) is 4. The van der Waals surface area contributed by atoms with Crippen LogP contribution in [0.2, 0.25) is 0 Å². The molecule has 0 radical (unpaired) electrons. The van der Waals surface area contributed by atoms with E-state index in [0.29, 0.717) is 17.0 Å². The maximum absolute atomic E-state index is 13.7. The lowest BCUT2D eigenvalue weighted by atomic mass is 10.0. The number of allylic oxidation sites excluding steroid dienone is 5. The summed E-state index contributed by atoms with van der Waals surface area (Å²) in [5, 5.41) is 11.4. The van der Waals surface area contributed by atoms with E-state index in [1.807, 2.05) is 0 Å². The lowest BCUT2D eigenvalue weighted by molar-refractivity contribution is -0.137. The number of aryl methyl sites for hydroxylation is 1. The normalized spacial score (nSPS) is 12.2. The molecule has 0 atom stereocenters. The molecule has 2 N–H and O–H groups in total. The zero-order chi connectivity index (χ0) is 28.2. The maximum atomic E-state index is 13.7. The molecular formula is C28H25F3N6O2. The molecule has 8 nitrogen and oxygen atoms in total. The van der Waals surface area contributed by atoms with Gasteiger partial charge in [0, 0.05) is 48.6 Å². The summed E-state index contributed by atoms with van der Waals surface area (Å²) >= 11 is 0. The third kappa shape index (κ3) is 6.15. The highest BCUT2D eigenvalue weighted by Gasteiger charge is 2.34. The summed E-state index contributed by atoms with van der Waals surface area (Å²) in [5.41, 5.74) is 0.288. The highest BCUT2D eigenvalue weighted by molar-refractivity contribution is 6.05. The Kier molecular flexibility index (Phi) is 7.80. The molecule has 0 aliphatic heterocycles. The molecule has 0 spiro atoms. The van der Waals surface area contributed by atoms with Crippen LogP contribution < -0.4 is 10.9 Å². The van der Waals surface area contributed by atoms with Crippen molar-refractivity contribution in [3.05, 3.63) is 118 Å². The summed E-state index contributed by atoms with van der Waals surface area (Å²) in [5.74, 6) is -0.377. The minimum Gasteiger partial charge on any atom is -0.329 e. The summed E-state index contributed by atoms with van der Waals surface area (Å²) < 4.78 is 44.0. The molecule has 3 aromatic heterocycles. The van der Waals surface area contributed by atoms with E-state index in [1.54, 1.807) is 56.5 Å². The van der Waals surface area contributed by atoms with Crippen LogP contribution in [0.5, 0.6) is 0 Å². The second kappa shape index (κ2) is 11.2. The minimum atomic E-state index is -4.64. The number of hydrogen-bond donors (Lipinski definition) is 2. The van der Waals surface area contributed by atoms with Gasteiger partial charge in [-0.25, -0.2) is 4.68 Å². The highest BCUT2D eigenvalue weighted by Crippen LogP contribution is 2.37. The van der Waals surface area contributed by atoms with E-state index < -0.39 is 17.6 Å². The summed E-state index contributed by atoms with van der Waals surface area (Å²) in [6, 6.07) is 9.58. The number of halogens is 3. The van der Waals surface area contributed by atoms with E-state index in [9.17, 15) is 22.8 Å². The number of carbonyl (C=O) groups is 1. The predicted molar refractivity (Wildman–Crippen MR) is 143 cm³/mol. The van der Waals surface area contributed by atoms with E-state index in [0.717, 1.165) is 12.1 Å². The zero-order valence-electron chi connectivity index (χ0n) is 21.2. The fourth-order valence-corrected chi connectivity index (χ4v) is 3.94. The molecule has 0 bridgehead atoms. The van der Waals surface area contributed by atoms with Crippen LogP contribution in [-0.4, -0.2) is 30.5 Å². The number of aromatic nitrogens is 5. The number of pyridine rings is 1. The maximum Gasteiger partial charge on any atom is 0.417 e. The van der Waals surface area contributed by atoms with Crippen molar-refractivity contribution in [3.8, 4) is 11.3 Å². The van der Waals surface area contributed by atoms with Crippen LogP contribution in [0.4, 0.5) is 19.0 Å². The molecular weight excluding hydrogens is 509 g/mol. The SMILES string of the molecule is C=CC=CC(=CC)n1nc(Cc2ccc[nH]c2=O)cc1NC(=O)c1ccc(C(F)(F)F)c(-c2ccn(C)n2)c1. The van der Waals surface area contributed by atoms with Gasteiger partial charge in [0.15, 0.2) is 0 Å². The molecule has 11 heteroatoms. The van der Waals surface area contributed by atoms with E-state index >= 15 is 0 Å². The van der Waals surface area contributed by atoms with Crippen LogP contribution in [0, 0.1) is 0 Å². The van der Waals surface area contributed by atoms with E-state index in [-0.39, 0.29) is 34.6 Å². The van der Waals surface area contributed by atoms with Crippen LogP contribution in [0.25, 0.3) is 17.0 Å². The number of nitrogens with one attached hydrogen (secondary N) is 2. The van der Waals surface area contributed by atoms with Crippen LogP contribution in [0.3, 0.4) is 0 Å². The summed E-state index contributed by atoms with van der Waals surface area (Å²) in [6.45, 7) is 5.45. The summed E-state index contributed by atoms with van der Waals surface area (Å²) in [7, 11) is 1.59. The Bertz CT molecular complexity index is 1640. The van der Waals surface area contributed by atoms with E-state index in [1.165, 1.54) is 33.9 Å². The molecule has 0 unspecified atom stereocenters. The number of benzene rings is 1. The third-order valence-electron chi connectivity index (χ3n) is 5.79. The van der Waals surface area contributed by atoms with Crippen molar-refractivity contribution in [1.29, 1.82) is 0 Å². The Hall–Kier alpha value is -4.93. The van der Waals surface area contributed by atoms with Crippen molar-refractivity contribution in [3.63, 3.8) is 0 Å². The molecule has 1 aromatic carbocycles. The van der Waals surface area contributed by atoms with Crippen molar-refractivity contribution in [1.82, 2.24) is 24.5 Å². The van der Waals surface area contributed by atoms with Gasteiger partial charge in [0.1, 0.15) is 5.82 Å². The van der Waals surface area contributed by atoms with Gasteiger partial charge in [0.25, 0.3) is 11.5 Å². The number of aromatic amines is 1. The summed E-state index contributed by atoms with van der Waals surface area (Å²) in [4.78, 5) is 28.1. The fraction of sp³-hybridized carbons (Fsp3) is 0.143. The van der Waals surface area contributed by atoms with Crippen LogP contribution in [0.15, 0.2) is 90.5 Å². The van der Waals surface area contributed by atoms with Crippen molar-refractivity contribution in [2.45, 2.75) is 19.5 Å². The Balaban J connectivity index is 1.73. The molecule has 0 saturated heterocycles. The first-order chi connectivity index (χ1) is 18.6. The standard InChI is InChI=1S/C28H25F3N6O2/c1-4-6-9-21(5-2)37-25(17-20(34-37)15-18-8-7-13-32-26(18)38)33-27(39)19-10-11-23(28(29,30)31)22(16-19)24-12-14-36(3)35-24/h4-14,16-17H,1,15H2,2-3H3,(H,32,38)(H,33,39). The Morgan fingerprint density at radius 2 is 1.97 bits per heavy atom. The van der Waals surface area contributed by atoms with Gasteiger partial charge in [0.05, 0.1) is 22.6 Å². The molecule has 39 heavy (non-hydrogen) atoms. The average molecular weight is 535 g/mol. The molecule has 1 amide bonds. The Morgan fingerprint density at radius 3 is 2.62 bits per heavy atom. The van der Waals surface area contributed by atoms with Gasteiger partial charge in [-0.2, -0.15) is 23.4 Å². The van der Waals surface area contributed by atoms with E-state index in [4.69, 9.17) is 0 Å². The monoisotopic (exact) mass is 534 g/mol. The molecule has 0 fully saturated rings. The molecule has 0 aliphatic carbocycles.